The highest BCUT2D eigenvalue weighted by Crippen LogP contribution is 2.21. The summed E-state index contributed by atoms with van der Waals surface area (Å²) in [6, 6.07) is 0.971. The van der Waals surface area contributed by atoms with Gasteiger partial charge in [0.15, 0.2) is 0 Å². The van der Waals surface area contributed by atoms with Gasteiger partial charge in [0.2, 0.25) is 0 Å². The molecular weight excluding hydrogens is 268 g/mol. The molecule has 0 spiro atoms. The van der Waals surface area contributed by atoms with Crippen molar-refractivity contribution in [3.63, 3.8) is 0 Å². The summed E-state index contributed by atoms with van der Waals surface area (Å²) >= 11 is 0. The van der Waals surface area contributed by atoms with E-state index in [1.807, 2.05) is 6.92 Å². The number of hydrogen-bond acceptors (Lipinski definition) is 3. The monoisotopic (exact) mass is 304 g/mol. The zero-order valence-corrected chi connectivity index (χ0v) is 15.4. The minimum absolute atomic E-state index is 0.686. The molecule has 0 unspecified atom stereocenters. The van der Waals surface area contributed by atoms with Gasteiger partial charge < -0.3 is 13.3 Å². The predicted octanol–water partition coefficient (Wildman–Crippen LogP) is 5.03. The van der Waals surface area contributed by atoms with Crippen LogP contribution >= 0.6 is 0 Å². The Labute approximate surface area is 127 Å². The molecule has 0 N–H and O–H groups in total. The molecule has 0 fully saturated rings. The Morgan fingerprint density at radius 3 is 1.85 bits per heavy atom. The minimum atomic E-state index is -2.41. The summed E-state index contributed by atoms with van der Waals surface area (Å²) in [5.41, 5.74) is 0. The first-order chi connectivity index (χ1) is 9.60. The summed E-state index contributed by atoms with van der Waals surface area (Å²) in [5, 5.41) is 0. The maximum Gasteiger partial charge on any atom is 0.500 e. The number of hydrogen-bond donors (Lipinski definition) is 0. The second-order valence-corrected chi connectivity index (χ2v) is 8.54. The van der Waals surface area contributed by atoms with E-state index in [2.05, 4.69) is 27.7 Å². The number of rotatable bonds is 14. The molecule has 3 nitrogen and oxygen atoms in total. The minimum Gasteiger partial charge on any atom is -0.374 e. The first kappa shape index (κ1) is 20.1. The average molecular weight is 305 g/mol. The average Bonchev–Trinajstić information content (AvgIpc) is 2.42. The fraction of sp³-hybridized carbons (Fsp3) is 1.00. The van der Waals surface area contributed by atoms with Gasteiger partial charge in [0.1, 0.15) is 0 Å². The Balaban J connectivity index is 4.24. The third kappa shape index (κ3) is 9.92. The summed E-state index contributed by atoms with van der Waals surface area (Å²) in [5.74, 6) is 0.802. The largest absolute Gasteiger partial charge is 0.500 e. The highest BCUT2D eigenvalue weighted by atomic mass is 28.4. The Morgan fingerprint density at radius 2 is 1.40 bits per heavy atom. The van der Waals surface area contributed by atoms with Gasteiger partial charge >= 0.3 is 8.80 Å². The summed E-state index contributed by atoms with van der Waals surface area (Å²) < 4.78 is 18.0. The Kier molecular flexibility index (Phi) is 12.9. The van der Waals surface area contributed by atoms with Gasteiger partial charge in [-0.2, -0.15) is 0 Å². The van der Waals surface area contributed by atoms with E-state index in [1.54, 1.807) is 0 Å². The molecule has 0 aromatic carbocycles. The molecular formula is C16H36O3Si. The molecule has 0 aliphatic heterocycles. The molecule has 0 bridgehead atoms. The highest BCUT2D eigenvalue weighted by Gasteiger charge is 2.39. The van der Waals surface area contributed by atoms with Crippen LogP contribution in [0, 0.1) is 5.92 Å². The van der Waals surface area contributed by atoms with Gasteiger partial charge in [-0.05, 0) is 32.1 Å². The first-order valence-corrected chi connectivity index (χ1v) is 10.4. The van der Waals surface area contributed by atoms with E-state index in [0.717, 1.165) is 44.4 Å². The smallest absolute Gasteiger partial charge is 0.374 e. The van der Waals surface area contributed by atoms with E-state index in [9.17, 15) is 0 Å². The van der Waals surface area contributed by atoms with E-state index in [1.165, 1.54) is 19.3 Å². The van der Waals surface area contributed by atoms with Gasteiger partial charge in [-0.25, -0.2) is 0 Å². The molecule has 0 saturated heterocycles. The Bertz CT molecular complexity index is 202. The van der Waals surface area contributed by atoms with Crippen molar-refractivity contribution in [2.75, 3.05) is 19.8 Å². The molecule has 0 atom stereocenters. The molecule has 0 aliphatic carbocycles. The van der Waals surface area contributed by atoms with Gasteiger partial charge in [-0.15, -0.1) is 0 Å². The van der Waals surface area contributed by atoms with Crippen molar-refractivity contribution in [3.05, 3.63) is 0 Å². The van der Waals surface area contributed by atoms with Crippen molar-refractivity contribution in [2.45, 2.75) is 79.2 Å². The summed E-state index contributed by atoms with van der Waals surface area (Å²) in [6.07, 6.45) is 7.07. The normalized spacial score (nSPS) is 12.3. The summed E-state index contributed by atoms with van der Waals surface area (Å²) in [6.45, 7) is 13.1. The second-order valence-electron chi connectivity index (χ2n) is 5.81. The van der Waals surface area contributed by atoms with Gasteiger partial charge in [-0.1, -0.05) is 47.0 Å². The fourth-order valence-corrected chi connectivity index (χ4v) is 4.98. The third-order valence-electron chi connectivity index (χ3n) is 3.18. The van der Waals surface area contributed by atoms with Crippen LogP contribution in [-0.4, -0.2) is 28.6 Å². The van der Waals surface area contributed by atoms with E-state index >= 15 is 0 Å². The molecule has 0 amide bonds. The fourth-order valence-electron chi connectivity index (χ4n) is 2.15. The van der Waals surface area contributed by atoms with Crippen LogP contribution < -0.4 is 0 Å². The number of unbranched alkanes of at least 4 members (excludes halogenated alkanes) is 2. The maximum absolute atomic E-state index is 6.04. The molecule has 122 valence electrons. The lowest BCUT2D eigenvalue weighted by Crippen LogP contribution is -2.46. The van der Waals surface area contributed by atoms with Gasteiger partial charge in [0.05, 0.1) is 0 Å². The molecule has 0 aliphatic rings. The van der Waals surface area contributed by atoms with Crippen molar-refractivity contribution in [2.24, 2.45) is 5.92 Å². The Morgan fingerprint density at radius 1 is 0.800 bits per heavy atom. The van der Waals surface area contributed by atoms with E-state index in [4.69, 9.17) is 13.3 Å². The van der Waals surface area contributed by atoms with Crippen molar-refractivity contribution in [3.8, 4) is 0 Å². The van der Waals surface area contributed by atoms with Crippen LogP contribution in [0.3, 0.4) is 0 Å². The standard InChI is InChI=1S/C16H36O3Si/c1-6-13-18-20(17-8-3,19-14-7-2)15-11-9-10-12-16(4)5/h16H,6-15H2,1-5H3. The van der Waals surface area contributed by atoms with Crippen LogP contribution in [0.1, 0.15) is 73.1 Å². The molecule has 0 aromatic heterocycles. The van der Waals surface area contributed by atoms with Crippen molar-refractivity contribution in [1.29, 1.82) is 0 Å². The van der Waals surface area contributed by atoms with Gasteiger partial charge in [-0.3, -0.25) is 0 Å². The molecule has 4 heteroatoms. The van der Waals surface area contributed by atoms with E-state index in [0.29, 0.717) is 6.61 Å². The quantitative estimate of drug-likeness (QED) is 0.333. The molecule has 0 aromatic rings. The predicted molar refractivity (Wildman–Crippen MR) is 88.0 cm³/mol. The molecule has 0 saturated carbocycles. The van der Waals surface area contributed by atoms with Crippen LogP contribution in [0.15, 0.2) is 0 Å². The van der Waals surface area contributed by atoms with Crippen LogP contribution in [-0.2, 0) is 13.3 Å². The van der Waals surface area contributed by atoms with E-state index in [-0.39, 0.29) is 0 Å². The van der Waals surface area contributed by atoms with Crippen LogP contribution in [0.4, 0.5) is 0 Å². The molecule has 20 heavy (non-hydrogen) atoms. The molecule has 0 rings (SSSR count). The maximum atomic E-state index is 6.04. The zero-order valence-electron chi connectivity index (χ0n) is 14.4. The lowest BCUT2D eigenvalue weighted by atomic mass is 10.1. The van der Waals surface area contributed by atoms with Crippen LogP contribution in [0.5, 0.6) is 0 Å². The third-order valence-corrected chi connectivity index (χ3v) is 6.16. The van der Waals surface area contributed by atoms with Gasteiger partial charge in [0.25, 0.3) is 0 Å². The van der Waals surface area contributed by atoms with E-state index < -0.39 is 8.80 Å². The Hall–Kier alpha value is 0.0969. The molecule has 0 heterocycles. The summed E-state index contributed by atoms with van der Waals surface area (Å²) in [7, 11) is -2.41. The lowest BCUT2D eigenvalue weighted by Gasteiger charge is -2.29. The van der Waals surface area contributed by atoms with Crippen LogP contribution in [0.2, 0.25) is 6.04 Å². The van der Waals surface area contributed by atoms with Crippen LogP contribution in [0.25, 0.3) is 0 Å². The topological polar surface area (TPSA) is 27.7 Å². The molecule has 0 radical (unpaired) electrons. The van der Waals surface area contributed by atoms with Crippen molar-refractivity contribution < 1.29 is 13.3 Å². The SMILES string of the molecule is CCCO[Si](CCCCCC(C)C)(OCC)OCCC. The summed E-state index contributed by atoms with van der Waals surface area (Å²) in [4.78, 5) is 0. The van der Waals surface area contributed by atoms with Crippen molar-refractivity contribution in [1.82, 2.24) is 0 Å². The highest BCUT2D eigenvalue weighted by molar-refractivity contribution is 6.60. The van der Waals surface area contributed by atoms with Crippen molar-refractivity contribution >= 4 is 8.80 Å². The second kappa shape index (κ2) is 12.8. The zero-order chi connectivity index (χ0) is 15.3. The first-order valence-electron chi connectivity index (χ1n) is 8.52. The van der Waals surface area contributed by atoms with Gasteiger partial charge in [0, 0.05) is 25.9 Å². The lowest BCUT2D eigenvalue weighted by molar-refractivity contribution is 0.0624.